The summed E-state index contributed by atoms with van der Waals surface area (Å²) in [6.07, 6.45) is 1.64. The maximum atomic E-state index is 11.7. The Morgan fingerprint density at radius 1 is 1.35 bits per heavy atom. The summed E-state index contributed by atoms with van der Waals surface area (Å²) in [7, 11) is 5.58. The van der Waals surface area contributed by atoms with Crippen molar-refractivity contribution in [3.05, 3.63) is 41.4 Å². The molecule has 17 heavy (non-hydrogen) atoms. The van der Waals surface area contributed by atoms with E-state index < -0.39 is 0 Å². The first-order chi connectivity index (χ1) is 7.25. The number of aromatic nitrogens is 1. The Morgan fingerprint density at radius 3 is 2.71 bits per heavy atom. The minimum absolute atomic E-state index is 0. The number of thiazole rings is 1. The summed E-state index contributed by atoms with van der Waals surface area (Å²) in [5, 5.41) is 5.06. The number of carbonyl (C=O) groups is 1. The van der Waals surface area contributed by atoms with E-state index in [-0.39, 0.29) is 16.9 Å². The van der Waals surface area contributed by atoms with Crippen molar-refractivity contribution >= 4 is 35.7 Å². The van der Waals surface area contributed by atoms with E-state index in [4.69, 9.17) is 7.85 Å². The van der Waals surface area contributed by atoms with Crippen molar-refractivity contribution in [3.63, 3.8) is 0 Å². The van der Waals surface area contributed by atoms with Gasteiger partial charge >= 0.3 is 92.2 Å². The first-order valence-corrected chi connectivity index (χ1v) is 5.20. The first kappa shape index (κ1) is 15.3. The summed E-state index contributed by atoms with van der Waals surface area (Å²) < 4.78 is 0. The molecular weight excluding hydrogens is 239 g/mol. The molecule has 1 aromatic heterocycles. The molecule has 5 nitrogen and oxygen atoms in total. The topological polar surface area (TPSA) is 102 Å². The molecule has 0 aliphatic heterocycles. The fourth-order valence-corrected chi connectivity index (χ4v) is 1.66. The summed E-state index contributed by atoms with van der Waals surface area (Å²) in [4.78, 5) is 15.6. The molecule has 2 aromatic rings. The Morgan fingerprint density at radius 2 is 2.12 bits per heavy atom. The van der Waals surface area contributed by atoms with Crippen LogP contribution in [0.4, 0.5) is 5.13 Å². The van der Waals surface area contributed by atoms with E-state index in [1.165, 1.54) is 11.3 Å². The van der Waals surface area contributed by atoms with Crippen molar-refractivity contribution < 1.29 is 15.7 Å². The van der Waals surface area contributed by atoms with Gasteiger partial charge in [0.1, 0.15) is 0 Å². The molecular formula is C10H9BN2O3S. The van der Waals surface area contributed by atoms with Crippen molar-refractivity contribution in [1.29, 1.82) is 0 Å². The standard InChI is InChI=1S/C10H7BN2OS.2H2O/c11-8-3-1-2-7(6-8)9(14)13-10-12-4-5-15-10;;/h1-6H,(H,12,13,14);2*1H2/q+2;;/p-2. The van der Waals surface area contributed by atoms with Crippen molar-refractivity contribution in [2.24, 2.45) is 0 Å². The van der Waals surface area contributed by atoms with Gasteiger partial charge in [0.2, 0.25) is 0 Å². The van der Waals surface area contributed by atoms with Crippen LogP contribution in [-0.4, -0.2) is 29.7 Å². The fraction of sp³-hybridized carbons (Fsp3) is 0. The molecule has 3 N–H and O–H groups in total. The number of nitrogens with one attached hydrogen (secondary N) is 1. The molecule has 0 unspecified atom stereocenters. The third kappa shape index (κ3) is 3.99. The Hall–Kier alpha value is -1.70. The van der Waals surface area contributed by atoms with E-state index in [9.17, 15) is 4.79 Å². The van der Waals surface area contributed by atoms with E-state index in [2.05, 4.69) is 10.3 Å². The molecule has 86 valence electrons. The van der Waals surface area contributed by atoms with Gasteiger partial charge in [-0.1, -0.05) is 0 Å². The summed E-state index contributed by atoms with van der Waals surface area (Å²) in [5.41, 5.74) is 1.10. The summed E-state index contributed by atoms with van der Waals surface area (Å²) in [5.74, 6) is -0.197. The maximum Gasteiger partial charge on any atom is -0.870 e. The van der Waals surface area contributed by atoms with Crippen LogP contribution in [0.25, 0.3) is 0 Å². The number of anilines is 1. The molecule has 0 spiro atoms. The largest absolute Gasteiger partial charge is 0.870 e. The molecule has 0 saturated carbocycles. The van der Waals surface area contributed by atoms with Gasteiger partial charge in [-0.05, 0) is 0 Å². The third-order valence-electron chi connectivity index (χ3n) is 1.80. The van der Waals surface area contributed by atoms with Gasteiger partial charge in [0.05, 0.1) is 0 Å². The summed E-state index contributed by atoms with van der Waals surface area (Å²) >= 11 is 1.38. The molecule has 0 fully saturated rings. The molecule has 0 atom stereocenters. The van der Waals surface area contributed by atoms with Crippen LogP contribution < -0.4 is 10.8 Å². The quantitative estimate of drug-likeness (QED) is 0.795. The van der Waals surface area contributed by atoms with Gasteiger partial charge in [-0.2, -0.15) is 0 Å². The van der Waals surface area contributed by atoms with E-state index in [1.54, 1.807) is 35.8 Å². The predicted octanol–water partition coefficient (Wildman–Crippen LogP) is 0.836. The van der Waals surface area contributed by atoms with Gasteiger partial charge in [0, 0.05) is 0 Å². The molecule has 0 bridgehead atoms. The van der Waals surface area contributed by atoms with Gasteiger partial charge in [0.15, 0.2) is 0 Å². The van der Waals surface area contributed by atoms with Crippen LogP contribution in [0.1, 0.15) is 10.4 Å². The van der Waals surface area contributed by atoms with Crippen molar-refractivity contribution in [2.45, 2.75) is 0 Å². The number of hydrogen-bond donors (Lipinski definition) is 1. The van der Waals surface area contributed by atoms with Crippen LogP contribution in [0.15, 0.2) is 35.8 Å². The zero-order valence-corrected chi connectivity index (χ0v) is 9.52. The van der Waals surface area contributed by atoms with E-state index in [0.29, 0.717) is 16.2 Å². The average molecular weight is 248 g/mol. The number of carbonyl (C=O) groups excluding carboxylic acids is 1. The number of benzene rings is 1. The van der Waals surface area contributed by atoms with Crippen molar-refractivity contribution in [2.75, 3.05) is 5.32 Å². The third-order valence-corrected chi connectivity index (χ3v) is 2.49. The number of hydrogen-bond acceptors (Lipinski definition) is 5. The molecule has 1 amide bonds. The smallest absolute Gasteiger partial charge is 0.870 e. The average Bonchev–Trinajstić information content (AvgIpc) is 2.70. The molecule has 0 saturated heterocycles. The second kappa shape index (κ2) is 6.79. The van der Waals surface area contributed by atoms with Gasteiger partial charge in [-0.3, -0.25) is 0 Å². The molecule has 2 rings (SSSR count). The van der Waals surface area contributed by atoms with Gasteiger partial charge < -0.3 is 11.0 Å². The Labute approximate surface area is 104 Å². The second-order valence-corrected chi connectivity index (χ2v) is 3.81. The normalized spacial score (nSPS) is 8.82. The number of rotatable bonds is 2. The molecule has 0 aliphatic rings. The minimum Gasteiger partial charge on any atom is -0.870 e. The maximum absolute atomic E-state index is 11.7. The molecule has 0 radical (unpaired) electrons. The molecule has 0 aliphatic carbocycles. The second-order valence-electron chi connectivity index (χ2n) is 2.92. The van der Waals surface area contributed by atoms with Crippen LogP contribution in [0, 0.1) is 0 Å². The molecule has 1 aromatic carbocycles. The van der Waals surface area contributed by atoms with Crippen LogP contribution in [0.2, 0.25) is 0 Å². The van der Waals surface area contributed by atoms with Crippen LogP contribution in [-0.2, 0) is 0 Å². The number of nitrogens with zero attached hydrogens (tertiary/aromatic N) is 1. The zero-order valence-electron chi connectivity index (χ0n) is 8.70. The molecule has 1 heterocycles. The fourth-order valence-electron chi connectivity index (χ4n) is 1.13. The Balaban J connectivity index is 0.00000128. The van der Waals surface area contributed by atoms with Crippen LogP contribution in [0.5, 0.6) is 0 Å². The van der Waals surface area contributed by atoms with E-state index >= 15 is 0 Å². The minimum atomic E-state index is -0.197. The van der Waals surface area contributed by atoms with Crippen LogP contribution >= 0.6 is 11.3 Å². The van der Waals surface area contributed by atoms with Gasteiger partial charge in [0.25, 0.3) is 0 Å². The van der Waals surface area contributed by atoms with E-state index in [1.807, 2.05) is 0 Å². The van der Waals surface area contributed by atoms with E-state index in [0.717, 1.165) is 0 Å². The van der Waals surface area contributed by atoms with Crippen molar-refractivity contribution in [1.82, 2.24) is 4.98 Å². The Kier molecular flexibility index (Phi) is 6.12. The zero-order chi connectivity index (χ0) is 10.7. The first-order valence-electron chi connectivity index (χ1n) is 4.32. The Bertz CT molecular complexity index is 476. The SMILES string of the molecule is [B+2]c1cccc(C(=O)Nc2nccs2)c1.[OH-].[OH-]. The number of amides is 1. The monoisotopic (exact) mass is 248 g/mol. The molecule has 7 heteroatoms. The van der Waals surface area contributed by atoms with Crippen molar-refractivity contribution in [3.8, 4) is 0 Å². The predicted molar refractivity (Wildman–Crippen MR) is 65.8 cm³/mol. The van der Waals surface area contributed by atoms with Crippen LogP contribution in [0.3, 0.4) is 0 Å². The summed E-state index contributed by atoms with van der Waals surface area (Å²) in [6, 6.07) is 6.81. The van der Waals surface area contributed by atoms with Gasteiger partial charge in [-0.15, -0.1) is 0 Å². The summed E-state index contributed by atoms with van der Waals surface area (Å²) in [6.45, 7) is 0. The van der Waals surface area contributed by atoms with Gasteiger partial charge in [-0.25, -0.2) is 0 Å².